The molecule has 3 aromatic rings. The number of rotatable bonds is 6. The van der Waals surface area contributed by atoms with Crippen molar-refractivity contribution in [2.24, 2.45) is 0 Å². The molecule has 0 radical (unpaired) electrons. The van der Waals surface area contributed by atoms with E-state index < -0.39 is 6.09 Å². The fraction of sp³-hybridized carbons (Fsp3) is 0.158. The van der Waals surface area contributed by atoms with Crippen LogP contribution >= 0.6 is 0 Å². The molecule has 0 saturated carbocycles. The van der Waals surface area contributed by atoms with Crippen molar-refractivity contribution >= 4 is 11.8 Å². The van der Waals surface area contributed by atoms with Crippen LogP contribution in [-0.4, -0.2) is 29.7 Å². The Morgan fingerprint density at radius 1 is 1.08 bits per heavy atom. The SMILES string of the molecule is CN(C(=O)Oc1ccc(CCOn2cccn2)cc1)c1ccccc1. The van der Waals surface area contributed by atoms with Gasteiger partial charge in [0.2, 0.25) is 0 Å². The average Bonchev–Trinajstić information content (AvgIpc) is 3.17. The lowest BCUT2D eigenvalue weighted by atomic mass is 10.1. The smallest absolute Gasteiger partial charge is 0.410 e. The Morgan fingerprint density at radius 3 is 2.52 bits per heavy atom. The van der Waals surface area contributed by atoms with E-state index in [9.17, 15) is 4.79 Å². The van der Waals surface area contributed by atoms with Gasteiger partial charge in [-0.05, 0) is 35.9 Å². The highest BCUT2D eigenvalue weighted by atomic mass is 16.7. The first-order valence-corrected chi connectivity index (χ1v) is 7.95. The predicted molar refractivity (Wildman–Crippen MR) is 94.7 cm³/mol. The van der Waals surface area contributed by atoms with Crippen molar-refractivity contribution < 1.29 is 14.4 Å². The maximum absolute atomic E-state index is 12.2. The molecule has 0 fully saturated rings. The molecule has 0 unspecified atom stereocenters. The molecule has 25 heavy (non-hydrogen) atoms. The van der Waals surface area contributed by atoms with E-state index in [2.05, 4.69) is 5.10 Å². The molecule has 0 N–H and O–H groups in total. The maximum Gasteiger partial charge on any atom is 0.419 e. The van der Waals surface area contributed by atoms with Crippen LogP contribution in [0.15, 0.2) is 73.1 Å². The van der Waals surface area contributed by atoms with Gasteiger partial charge in [0.05, 0.1) is 12.4 Å². The summed E-state index contributed by atoms with van der Waals surface area (Å²) in [5.74, 6) is 0.504. The third-order valence-corrected chi connectivity index (χ3v) is 3.64. The highest BCUT2D eigenvalue weighted by molar-refractivity contribution is 5.88. The number of para-hydroxylation sites is 1. The van der Waals surface area contributed by atoms with E-state index in [1.54, 1.807) is 37.6 Å². The molecule has 0 saturated heterocycles. The molecular formula is C19H19N3O3. The van der Waals surface area contributed by atoms with Gasteiger partial charge in [-0.1, -0.05) is 30.3 Å². The lowest BCUT2D eigenvalue weighted by Crippen LogP contribution is -2.29. The van der Waals surface area contributed by atoms with Gasteiger partial charge >= 0.3 is 6.09 Å². The standard InChI is InChI=1S/C19H19N3O3/c1-21(17-6-3-2-4-7-17)19(23)25-18-10-8-16(9-11-18)12-15-24-22-14-5-13-20-22/h2-11,13-14H,12,15H2,1H3. The summed E-state index contributed by atoms with van der Waals surface area (Å²) < 4.78 is 5.39. The quantitative estimate of drug-likeness (QED) is 0.693. The van der Waals surface area contributed by atoms with Gasteiger partial charge < -0.3 is 9.57 Å². The molecule has 3 rings (SSSR count). The molecule has 1 aromatic heterocycles. The van der Waals surface area contributed by atoms with Crippen LogP contribution in [0.3, 0.4) is 0 Å². The maximum atomic E-state index is 12.2. The van der Waals surface area contributed by atoms with Gasteiger partial charge in [-0.3, -0.25) is 4.90 Å². The number of benzene rings is 2. The minimum absolute atomic E-state index is 0.430. The molecule has 128 valence electrons. The molecule has 0 aliphatic rings. The van der Waals surface area contributed by atoms with Crippen LogP contribution in [0.25, 0.3) is 0 Å². The number of aromatic nitrogens is 2. The second kappa shape index (κ2) is 8.01. The summed E-state index contributed by atoms with van der Waals surface area (Å²) in [5.41, 5.74) is 1.86. The Balaban J connectivity index is 1.51. The predicted octanol–water partition coefficient (Wildman–Crippen LogP) is 3.19. The first-order chi connectivity index (χ1) is 12.2. The minimum Gasteiger partial charge on any atom is -0.410 e. The van der Waals surface area contributed by atoms with Crippen LogP contribution in [0.4, 0.5) is 10.5 Å². The van der Waals surface area contributed by atoms with E-state index in [1.165, 1.54) is 9.75 Å². The number of hydrogen-bond acceptors (Lipinski definition) is 4. The van der Waals surface area contributed by atoms with Crippen LogP contribution < -0.4 is 14.5 Å². The summed E-state index contributed by atoms with van der Waals surface area (Å²) in [4.78, 5) is 20.5. The van der Waals surface area contributed by atoms with Crippen molar-refractivity contribution in [1.82, 2.24) is 9.94 Å². The number of carbonyl (C=O) groups excluding carboxylic acids is 1. The van der Waals surface area contributed by atoms with Crippen molar-refractivity contribution in [2.75, 3.05) is 18.6 Å². The summed E-state index contributed by atoms with van der Waals surface area (Å²) in [7, 11) is 1.68. The third-order valence-electron chi connectivity index (χ3n) is 3.64. The zero-order valence-corrected chi connectivity index (χ0v) is 13.9. The minimum atomic E-state index is -0.430. The third kappa shape index (κ3) is 4.60. The van der Waals surface area contributed by atoms with Crippen LogP contribution in [-0.2, 0) is 6.42 Å². The van der Waals surface area contributed by atoms with Crippen molar-refractivity contribution in [2.45, 2.75) is 6.42 Å². The van der Waals surface area contributed by atoms with Crippen LogP contribution in [0.5, 0.6) is 5.75 Å². The molecule has 2 aromatic carbocycles. The van der Waals surface area contributed by atoms with E-state index >= 15 is 0 Å². The Bertz CT molecular complexity index is 787. The largest absolute Gasteiger partial charge is 0.419 e. The molecule has 0 atom stereocenters. The fourth-order valence-electron chi connectivity index (χ4n) is 2.24. The number of amides is 1. The molecule has 0 aliphatic heterocycles. The number of anilines is 1. The zero-order chi connectivity index (χ0) is 17.5. The number of nitrogens with zero attached hydrogens (tertiary/aromatic N) is 3. The first-order valence-electron chi connectivity index (χ1n) is 7.95. The topological polar surface area (TPSA) is 56.6 Å². The van der Waals surface area contributed by atoms with Gasteiger partial charge in [0.25, 0.3) is 0 Å². The highest BCUT2D eigenvalue weighted by Gasteiger charge is 2.12. The number of carbonyl (C=O) groups is 1. The van der Waals surface area contributed by atoms with E-state index in [4.69, 9.17) is 9.57 Å². The van der Waals surface area contributed by atoms with E-state index in [-0.39, 0.29) is 0 Å². The van der Waals surface area contributed by atoms with Gasteiger partial charge in [0.15, 0.2) is 0 Å². The van der Waals surface area contributed by atoms with Gasteiger partial charge in [0.1, 0.15) is 12.4 Å². The first kappa shape index (κ1) is 16.6. The van der Waals surface area contributed by atoms with E-state index in [0.717, 1.165) is 17.7 Å². The summed E-state index contributed by atoms with van der Waals surface area (Å²) >= 11 is 0. The molecular weight excluding hydrogens is 318 g/mol. The Morgan fingerprint density at radius 2 is 1.84 bits per heavy atom. The lowest BCUT2D eigenvalue weighted by molar-refractivity contribution is 0.0847. The van der Waals surface area contributed by atoms with Crippen molar-refractivity contribution in [3.8, 4) is 5.75 Å². The summed E-state index contributed by atoms with van der Waals surface area (Å²) in [6, 6.07) is 18.5. The van der Waals surface area contributed by atoms with Crippen LogP contribution in [0.2, 0.25) is 0 Å². The normalized spacial score (nSPS) is 10.3. The Kier molecular flexibility index (Phi) is 5.31. The Hall–Kier alpha value is -3.28. The van der Waals surface area contributed by atoms with Gasteiger partial charge in [-0.25, -0.2) is 4.79 Å². The van der Waals surface area contributed by atoms with Crippen molar-refractivity contribution in [3.05, 3.63) is 78.6 Å². The molecule has 0 bridgehead atoms. The monoisotopic (exact) mass is 337 g/mol. The Labute approximate surface area is 146 Å². The van der Waals surface area contributed by atoms with Crippen molar-refractivity contribution in [1.29, 1.82) is 0 Å². The summed E-state index contributed by atoms with van der Waals surface area (Å²) in [6.45, 7) is 0.511. The molecule has 1 amide bonds. The van der Waals surface area contributed by atoms with Gasteiger partial charge in [-0.2, -0.15) is 0 Å². The summed E-state index contributed by atoms with van der Waals surface area (Å²) in [5, 5.41) is 3.97. The molecule has 6 nitrogen and oxygen atoms in total. The van der Waals surface area contributed by atoms with Crippen LogP contribution in [0.1, 0.15) is 5.56 Å². The molecule has 6 heteroatoms. The van der Waals surface area contributed by atoms with E-state index in [0.29, 0.717) is 12.4 Å². The highest BCUT2D eigenvalue weighted by Crippen LogP contribution is 2.16. The van der Waals surface area contributed by atoms with Gasteiger partial charge in [0, 0.05) is 19.2 Å². The second-order valence-corrected chi connectivity index (χ2v) is 5.40. The molecule has 1 heterocycles. The zero-order valence-electron chi connectivity index (χ0n) is 13.9. The van der Waals surface area contributed by atoms with Crippen molar-refractivity contribution in [3.63, 3.8) is 0 Å². The van der Waals surface area contributed by atoms with Gasteiger partial charge in [-0.15, -0.1) is 9.94 Å². The number of hydrogen-bond donors (Lipinski definition) is 0. The van der Waals surface area contributed by atoms with Crippen LogP contribution in [0, 0.1) is 0 Å². The second-order valence-electron chi connectivity index (χ2n) is 5.40. The average molecular weight is 337 g/mol. The molecule has 0 aliphatic carbocycles. The lowest BCUT2D eigenvalue weighted by Gasteiger charge is -2.16. The molecule has 0 spiro atoms. The van der Waals surface area contributed by atoms with E-state index in [1.807, 2.05) is 42.5 Å². The number of ether oxygens (including phenoxy) is 1. The fourth-order valence-corrected chi connectivity index (χ4v) is 2.24. The summed E-state index contributed by atoms with van der Waals surface area (Å²) in [6.07, 6.45) is 3.71.